The van der Waals surface area contributed by atoms with Crippen molar-refractivity contribution in [2.24, 2.45) is 5.92 Å². The molecule has 0 aliphatic carbocycles. The van der Waals surface area contributed by atoms with Crippen LogP contribution in [0.5, 0.6) is 11.6 Å². The minimum Gasteiger partial charge on any atom is -0.496 e. The molecular weight excluding hydrogens is 454 g/mol. The molecule has 0 saturated heterocycles. The maximum Gasteiger partial charge on any atom is 0.309 e. The van der Waals surface area contributed by atoms with Gasteiger partial charge in [-0.15, -0.1) is 0 Å². The summed E-state index contributed by atoms with van der Waals surface area (Å²) in [5, 5.41) is 7.75. The van der Waals surface area contributed by atoms with Gasteiger partial charge in [0, 0.05) is 12.6 Å². The number of esters is 1. The Labute approximate surface area is 210 Å². The summed E-state index contributed by atoms with van der Waals surface area (Å²) < 4.78 is 12.7. The van der Waals surface area contributed by atoms with Crippen LogP contribution < -0.4 is 14.8 Å². The van der Waals surface area contributed by atoms with E-state index in [-0.39, 0.29) is 5.91 Å². The molecule has 36 heavy (non-hydrogen) atoms. The number of amides is 1. The second-order valence-corrected chi connectivity index (χ2v) is 8.80. The van der Waals surface area contributed by atoms with Gasteiger partial charge in [-0.05, 0) is 54.3 Å². The molecule has 0 fully saturated rings. The molecule has 1 heterocycles. The molecule has 1 aromatic heterocycles. The van der Waals surface area contributed by atoms with Gasteiger partial charge in [-0.3, -0.25) is 9.59 Å². The first-order valence-corrected chi connectivity index (χ1v) is 11.8. The van der Waals surface area contributed by atoms with E-state index in [4.69, 9.17) is 14.6 Å². The molecule has 3 aromatic carbocycles. The summed E-state index contributed by atoms with van der Waals surface area (Å²) in [5.41, 5.74) is 4.29. The van der Waals surface area contributed by atoms with Crippen LogP contribution in [-0.4, -0.2) is 28.8 Å². The van der Waals surface area contributed by atoms with Crippen LogP contribution in [0.2, 0.25) is 0 Å². The van der Waals surface area contributed by atoms with Gasteiger partial charge in [-0.1, -0.05) is 56.3 Å². The molecule has 4 rings (SSSR count). The van der Waals surface area contributed by atoms with Gasteiger partial charge in [0.1, 0.15) is 5.75 Å². The molecule has 184 valence electrons. The van der Waals surface area contributed by atoms with E-state index in [1.807, 2.05) is 60.7 Å². The van der Waals surface area contributed by atoms with Crippen LogP contribution in [0.1, 0.15) is 36.8 Å². The monoisotopic (exact) mass is 483 g/mol. The predicted octanol–water partition coefficient (Wildman–Crippen LogP) is 5.92. The number of carbonyl (C=O) groups excluding carboxylic acids is 2. The summed E-state index contributed by atoms with van der Waals surface area (Å²) in [5.74, 6) is 0.523. The van der Waals surface area contributed by atoms with Crippen molar-refractivity contribution in [3.8, 4) is 28.4 Å². The van der Waals surface area contributed by atoms with E-state index in [9.17, 15) is 9.59 Å². The zero-order valence-corrected chi connectivity index (χ0v) is 20.8. The molecule has 7 heteroatoms. The number of hydrogen-bond acceptors (Lipinski definition) is 5. The molecule has 7 nitrogen and oxygen atoms in total. The number of carbonyl (C=O) groups is 2. The molecule has 0 bridgehead atoms. The van der Waals surface area contributed by atoms with Gasteiger partial charge in [0.15, 0.2) is 0 Å². The Morgan fingerprint density at radius 1 is 0.944 bits per heavy atom. The van der Waals surface area contributed by atoms with Gasteiger partial charge in [-0.25, -0.2) is 0 Å². The highest BCUT2D eigenvalue weighted by Crippen LogP contribution is 2.37. The molecule has 0 radical (unpaired) electrons. The Morgan fingerprint density at radius 3 is 2.25 bits per heavy atom. The highest BCUT2D eigenvalue weighted by molar-refractivity contribution is 6.06. The average molecular weight is 484 g/mol. The van der Waals surface area contributed by atoms with Crippen molar-refractivity contribution in [3.63, 3.8) is 0 Å². The van der Waals surface area contributed by atoms with Crippen LogP contribution in [0.15, 0.2) is 78.9 Å². The highest BCUT2D eigenvalue weighted by Gasteiger charge is 2.24. The number of hydrogen-bond donors (Lipinski definition) is 1. The number of anilines is 1. The summed E-state index contributed by atoms with van der Waals surface area (Å²) >= 11 is 0. The number of rotatable bonds is 8. The first-order valence-electron chi connectivity index (χ1n) is 11.8. The maximum atomic E-state index is 12.8. The standard InChI is InChI=1S/C29H29N3O4/c1-19(2)18-25-27(29(36-20(3)33)32(31-25)23-10-6-5-7-11-23)21-14-16-22(17-15-21)30-28(34)24-12-8-9-13-26(24)35-4/h5-17,19H,18H2,1-4H3,(H,30,34). The fraction of sp³-hybridized carbons (Fsp3) is 0.207. The first kappa shape index (κ1) is 24.7. The van der Waals surface area contributed by atoms with E-state index in [2.05, 4.69) is 19.2 Å². The second-order valence-electron chi connectivity index (χ2n) is 8.80. The van der Waals surface area contributed by atoms with Crippen LogP contribution in [-0.2, 0) is 11.2 Å². The summed E-state index contributed by atoms with van der Waals surface area (Å²) in [4.78, 5) is 24.9. The number of nitrogens with one attached hydrogen (secondary N) is 1. The van der Waals surface area contributed by atoms with Crippen molar-refractivity contribution in [1.82, 2.24) is 9.78 Å². The van der Waals surface area contributed by atoms with E-state index in [0.29, 0.717) is 35.2 Å². The zero-order valence-electron chi connectivity index (χ0n) is 20.8. The van der Waals surface area contributed by atoms with Crippen molar-refractivity contribution < 1.29 is 19.1 Å². The molecule has 0 saturated carbocycles. The SMILES string of the molecule is COc1ccccc1C(=O)Nc1ccc(-c2c(CC(C)C)nn(-c3ccccc3)c2OC(C)=O)cc1. The molecule has 0 spiro atoms. The Morgan fingerprint density at radius 2 is 1.61 bits per heavy atom. The van der Waals surface area contributed by atoms with E-state index in [0.717, 1.165) is 22.5 Å². The molecule has 0 aliphatic rings. The average Bonchev–Trinajstić information content (AvgIpc) is 3.21. The normalized spacial score (nSPS) is 10.8. The minimum absolute atomic E-state index is 0.266. The highest BCUT2D eigenvalue weighted by atomic mass is 16.5. The third-order valence-corrected chi connectivity index (χ3v) is 5.54. The Bertz CT molecular complexity index is 1360. The summed E-state index contributed by atoms with van der Waals surface area (Å²) in [6.45, 7) is 5.62. The number of para-hydroxylation sites is 2. The van der Waals surface area contributed by atoms with Crippen molar-refractivity contribution in [3.05, 3.63) is 90.1 Å². The first-order chi connectivity index (χ1) is 17.4. The van der Waals surface area contributed by atoms with Gasteiger partial charge < -0.3 is 14.8 Å². The lowest BCUT2D eigenvalue weighted by atomic mass is 9.99. The van der Waals surface area contributed by atoms with E-state index in [1.165, 1.54) is 14.0 Å². The van der Waals surface area contributed by atoms with Gasteiger partial charge in [-0.2, -0.15) is 9.78 Å². The van der Waals surface area contributed by atoms with Gasteiger partial charge in [0.25, 0.3) is 5.91 Å². The second kappa shape index (κ2) is 10.9. The van der Waals surface area contributed by atoms with Crippen LogP contribution in [0.3, 0.4) is 0 Å². The molecule has 0 unspecified atom stereocenters. The van der Waals surface area contributed by atoms with Crippen molar-refractivity contribution in [1.29, 1.82) is 0 Å². The van der Waals surface area contributed by atoms with Gasteiger partial charge >= 0.3 is 5.97 Å². The lowest BCUT2D eigenvalue weighted by molar-refractivity contribution is -0.132. The topological polar surface area (TPSA) is 82.4 Å². The molecule has 4 aromatic rings. The van der Waals surface area contributed by atoms with Crippen molar-refractivity contribution in [2.45, 2.75) is 27.2 Å². The van der Waals surface area contributed by atoms with Gasteiger partial charge in [0.05, 0.1) is 29.6 Å². The largest absolute Gasteiger partial charge is 0.496 e. The van der Waals surface area contributed by atoms with Crippen molar-refractivity contribution in [2.75, 3.05) is 12.4 Å². The van der Waals surface area contributed by atoms with E-state index >= 15 is 0 Å². The summed E-state index contributed by atoms with van der Waals surface area (Å²) in [6, 6.07) is 24.1. The van der Waals surface area contributed by atoms with Crippen LogP contribution >= 0.6 is 0 Å². The predicted molar refractivity (Wildman–Crippen MR) is 140 cm³/mol. The van der Waals surface area contributed by atoms with Crippen LogP contribution in [0, 0.1) is 5.92 Å². The smallest absolute Gasteiger partial charge is 0.309 e. The number of aromatic nitrogens is 2. The Kier molecular flexibility index (Phi) is 7.49. The number of methoxy groups -OCH3 is 1. The number of nitrogens with zero attached hydrogens (tertiary/aromatic N) is 2. The lowest BCUT2D eigenvalue weighted by Crippen LogP contribution is -2.13. The molecular formula is C29H29N3O4. The zero-order chi connectivity index (χ0) is 25.7. The fourth-order valence-electron chi connectivity index (χ4n) is 3.99. The van der Waals surface area contributed by atoms with Crippen LogP contribution in [0.25, 0.3) is 16.8 Å². The summed E-state index contributed by atoms with van der Waals surface area (Å²) in [7, 11) is 1.53. The van der Waals surface area contributed by atoms with Crippen molar-refractivity contribution >= 4 is 17.6 Å². The van der Waals surface area contributed by atoms with E-state index < -0.39 is 5.97 Å². The number of ether oxygens (including phenoxy) is 2. The third kappa shape index (κ3) is 5.46. The lowest BCUT2D eigenvalue weighted by Gasteiger charge is -2.11. The Balaban J connectivity index is 1.72. The van der Waals surface area contributed by atoms with Gasteiger partial charge in [0.2, 0.25) is 5.88 Å². The quantitative estimate of drug-likeness (QED) is 0.314. The van der Waals surface area contributed by atoms with E-state index in [1.54, 1.807) is 22.9 Å². The fourth-order valence-corrected chi connectivity index (χ4v) is 3.99. The maximum absolute atomic E-state index is 12.8. The molecule has 0 atom stereocenters. The molecule has 1 amide bonds. The summed E-state index contributed by atoms with van der Waals surface area (Å²) in [6.07, 6.45) is 0.704. The molecule has 0 aliphatic heterocycles. The molecule has 1 N–H and O–H groups in total. The van der Waals surface area contributed by atoms with Crippen LogP contribution in [0.4, 0.5) is 5.69 Å². The Hall–Kier alpha value is -4.39. The number of benzene rings is 3. The third-order valence-electron chi connectivity index (χ3n) is 5.54. The minimum atomic E-state index is -0.426.